The SMILES string of the molecule is CCCCCCC/C=C\C/C=C\C/C=C\CCCCCCCCCCCCC(=O)OC(COC(=O)CCCCCCCCCC)COC(=O)CCCCCCCCCCCCCCCCCCCCCCCCCCCCCCCCC. The van der Waals surface area contributed by atoms with Crippen LogP contribution in [0.25, 0.3) is 0 Å². The van der Waals surface area contributed by atoms with Gasteiger partial charge in [0.25, 0.3) is 0 Å². The molecule has 0 fully saturated rings. The molecule has 0 bridgehead atoms. The van der Waals surface area contributed by atoms with Gasteiger partial charge in [0.05, 0.1) is 0 Å². The second-order valence-corrected chi connectivity index (χ2v) is 25.2. The van der Waals surface area contributed by atoms with Crippen molar-refractivity contribution in [3.8, 4) is 0 Å². The number of carbonyl (C=O) groups is 3. The molecule has 82 heavy (non-hydrogen) atoms. The maximum Gasteiger partial charge on any atom is 0.306 e. The minimum atomic E-state index is -0.771. The lowest BCUT2D eigenvalue weighted by Crippen LogP contribution is -2.30. The van der Waals surface area contributed by atoms with Crippen LogP contribution in [-0.2, 0) is 28.6 Å². The maximum atomic E-state index is 12.9. The normalized spacial score (nSPS) is 12.2. The predicted octanol–water partition coefficient (Wildman–Crippen LogP) is 25.5. The number of carbonyl (C=O) groups excluding carboxylic acids is 3. The van der Waals surface area contributed by atoms with E-state index in [4.69, 9.17) is 14.2 Å². The van der Waals surface area contributed by atoms with Gasteiger partial charge in [-0.2, -0.15) is 0 Å². The van der Waals surface area contributed by atoms with Gasteiger partial charge in [0.15, 0.2) is 6.10 Å². The van der Waals surface area contributed by atoms with E-state index in [0.29, 0.717) is 19.3 Å². The summed E-state index contributed by atoms with van der Waals surface area (Å²) < 4.78 is 16.9. The monoisotopic (exact) mass is 1150 g/mol. The highest BCUT2D eigenvalue weighted by Crippen LogP contribution is 2.19. The van der Waals surface area contributed by atoms with Crippen LogP contribution in [-0.4, -0.2) is 37.2 Å². The highest BCUT2D eigenvalue weighted by molar-refractivity contribution is 5.71. The Hall–Kier alpha value is -2.37. The van der Waals surface area contributed by atoms with Crippen LogP contribution in [0.15, 0.2) is 36.5 Å². The fraction of sp³-hybridized carbons (Fsp3) is 0.882. The number of esters is 3. The largest absolute Gasteiger partial charge is 0.462 e. The van der Waals surface area contributed by atoms with Gasteiger partial charge in [-0.25, -0.2) is 0 Å². The molecule has 0 spiro atoms. The van der Waals surface area contributed by atoms with Gasteiger partial charge in [0, 0.05) is 19.3 Å². The minimum absolute atomic E-state index is 0.0683. The molecule has 0 aromatic heterocycles. The Morgan fingerprint density at radius 3 is 0.683 bits per heavy atom. The molecule has 6 heteroatoms. The summed E-state index contributed by atoms with van der Waals surface area (Å²) in [6, 6.07) is 0. The van der Waals surface area contributed by atoms with E-state index in [2.05, 4.69) is 57.2 Å². The number of hydrogen-bond acceptors (Lipinski definition) is 6. The Bertz CT molecular complexity index is 1370. The van der Waals surface area contributed by atoms with Crippen LogP contribution in [0.5, 0.6) is 0 Å². The summed E-state index contributed by atoms with van der Waals surface area (Å²) in [7, 11) is 0. The molecule has 0 rings (SSSR count). The Morgan fingerprint density at radius 1 is 0.244 bits per heavy atom. The number of hydrogen-bond donors (Lipinski definition) is 0. The summed E-state index contributed by atoms with van der Waals surface area (Å²) in [5.74, 6) is -0.849. The van der Waals surface area contributed by atoms with Crippen LogP contribution in [0.4, 0.5) is 0 Å². The van der Waals surface area contributed by atoms with Crippen molar-refractivity contribution in [1.29, 1.82) is 0 Å². The molecule has 0 N–H and O–H groups in total. The Morgan fingerprint density at radius 2 is 0.439 bits per heavy atom. The first-order valence-electron chi connectivity index (χ1n) is 37.0. The van der Waals surface area contributed by atoms with Crippen LogP contribution < -0.4 is 0 Å². The zero-order chi connectivity index (χ0) is 59.2. The molecule has 0 aliphatic heterocycles. The van der Waals surface area contributed by atoms with Gasteiger partial charge in [-0.05, 0) is 57.8 Å². The summed E-state index contributed by atoms with van der Waals surface area (Å²) in [4.78, 5) is 38.3. The number of rotatable bonds is 69. The molecule has 0 aliphatic rings. The van der Waals surface area contributed by atoms with Crippen molar-refractivity contribution >= 4 is 17.9 Å². The first kappa shape index (κ1) is 79.6. The molecule has 0 saturated carbocycles. The lowest BCUT2D eigenvalue weighted by molar-refractivity contribution is -0.167. The Balaban J connectivity index is 4.03. The summed E-state index contributed by atoms with van der Waals surface area (Å²) >= 11 is 0. The molecule has 482 valence electrons. The molecule has 0 saturated heterocycles. The quantitative estimate of drug-likeness (QED) is 0.0261. The van der Waals surface area contributed by atoms with Crippen LogP contribution >= 0.6 is 0 Å². The highest BCUT2D eigenvalue weighted by Gasteiger charge is 2.20. The van der Waals surface area contributed by atoms with E-state index in [0.717, 1.165) is 70.6 Å². The van der Waals surface area contributed by atoms with Crippen LogP contribution in [0, 0.1) is 0 Å². The third-order valence-corrected chi connectivity index (χ3v) is 16.9. The minimum Gasteiger partial charge on any atom is -0.462 e. The third-order valence-electron chi connectivity index (χ3n) is 16.9. The van der Waals surface area contributed by atoms with E-state index in [-0.39, 0.29) is 31.1 Å². The first-order chi connectivity index (χ1) is 40.5. The molecule has 1 atom stereocenters. The third kappa shape index (κ3) is 68.4. The average molecular weight is 1150 g/mol. The molecular formula is C76H142O6. The van der Waals surface area contributed by atoms with Gasteiger partial charge in [0.2, 0.25) is 0 Å². The number of allylic oxidation sites excluding steroid dienone is 6. The molecular weight excluding hydrogens is 1010 g/mol. The smallest absolute Gasteiger partial charge is 0.306 e. The molecule has 0 aromatic rings. The van der Waals surface area contributed by atoms with E-state index in [1.54, 1.807) is 0 Å². The first-order valence-corrected chi connectivity index (χ1v) is 37.0. The fourth-order valence-corrected chi connectivity index (χ4v) is 11.3. The predicted molar refractivity (Wildman–Crippen MR) is 358 cm³/mol. The molecule has 0 amide bonds. The number of ether oxygens (including phenoxy) is 3. The van der Waals surface area contributed by atoms with E-state index in [9.17, 15) is 14.4 Å². The second-order valence-electron chi connectivity index (χ2n) is 25.2. The van der Waals surface area contributed by atoms with Crippen molar-refractivity contribution in [2.45, 2.75) is 419 Å². The van der Waals surface area contributed by atoms with Crippen LogP contribution in [0.1, 0.15) is 412 Å². The van der Waals surface area contributed by atoms with E-state index >= 15 is 0 Å². The van der Waals surface area contributed by atoms with Crippen molar-refractivity contribution < 1.29 is 28.6 Å². The average Bonchev–Trinajstić information content (AvgIpc) is 3.48. The molecule has 1 unspecified atom stereocenters. The van der Waals surface area contributed by atoms with Crippen molar-refractivity contribution in [2.75, 3.05) is 13.2 Å². The fourth-order valence-electron chi connectivity index (χ4n) is 11.3. The van der Waals surface area contributed by atoms with E-state index in [1.165, 1.54) is 302 Å². The standard InChI is InChI=1S/C76H142O6/c1-4-7-10-13-16-19-21-23-25-27-29-31-33-35-36-37-38-39-40-42-43-45-47-49-51-53-55-57-60-63-66-69-75(78)81-72-73(71-80-74(77)68-65-62-59-18-15-12-9-6-3)82-76(79)70-67-64-61-58-56-54-52-50-48-46-44-41-34-32-30-28-26-24-22-20-17-14-11-8-5-2/h22,24,28,30,34,41,73H,4-21,23,25-27,29,31-33,35-40,42-72H2,1-3H3/b24-22-,30-28-,41-34-. The van der Waals surface area contributed by atoms with Crippen LogP contribution in [0.3, 0.4) is 0 Å². The zero-order valence-corrected chi connectivity index (χ0v) is 55.5. The van der Waals surface area contributed by atoms with Gasteiger partial charge < -0.3 is 14.2 Å². The van der Waals surface area contributed by atoms with Gasteiger partial charge >= 0.3 is 17.9 Å². The molecule has 0 heterocycles. The summed E-state index contributed by atoms with van der Waals surface area (Å²) in [5.41, 5.74) is 0. The van der Waals surface area contributed by atoms with Gasteiger partial charge in [-0.15, -0.1) is 0 Å². The molecule has 0 aliphatic carbocycles. The lowest BCUT2D eigenvalue weighted by atomic mass is 10.0. The van der Waals surface area contributed by atoms with Crippen molar-refractivity contribution in [3.05, 3.63) is 36.5 Å². The Labute approximate surface area is 512 Å². The number of unbranched alkanes of at least 4 members (excludes halogenated alkanes) is 52. The Kier molecular flexibility index (Phi) is 69.1. The van der Waals surface area contributed by atoms with Gasteiger partial charge in [-0.3, -0.25) is 14.4 Å². The highest BCUT2D eigenvalue weighted by atomic mass is 16.6. The molecule has 0 aromatic carbocycles. The maximum absolute atomic E-state index is 12.9. The second kappa shape index (κ2) is 71.1. The van der Waals surface area contributed by atoms with E-state index in [1.807, 2.05) is 0 Å². The van der Waals surface area contributed by atoms with E-state index < -0.39 is 6.10 Å². The van der Waals surface area contributed by atoms with Gasteiger partial charge in [-0.1, -0.05) is 372 Å². The lowest BCUT2D eigenvalue weighted by Gasteiger charge is -2.18. The summed E-state index contributed by atoms with van der Waals surface area (Å²) in [6.07, 6.45) is 89.3. The topological polar surface area (TPSA) is 78.9 Å². The summed E-state index contributed by atoms with van der Waals surface area (Å²) in [6.45, 7) is 6.67. The molecule has 6 nitrogen and oxygen atoms in total. The van der Waals surface area contributed by atoms with Crippen LogP contribution in [0.2, 0.25) is 0 Å². The molecule has 0 radical (unpaired) electrons. The van der Waals surface area contributed by atoms with Crippen molar-refractivity contribution in [2.24, 2.45) is 0 Å². The van der Waals surface area contributed by atoms with Crippen molar-refractivity contribution in [3.63, 3.8) is 0 Å². The zero-order valence-electron chi connectivity index (χ0n) is 55.5. The van der Waals surface area contributed by atoms with Gasteiger partial charge in [0.1, 0.15) is 13.2 Å². The van der Waals surface area contributed by atoms with Crippen molar-refractivity contribution in [1.82, 2.24) is 0 Å². The summed E-state index contributed by atoms with van der Waals surface area (Å²) in [5, 5.41) is 0.